The normalized spacial score (nSPS) is 14.6. The lowest BCUT2D eigenvalue weighted by Gasteiger charge is -2.14. The monoisotopic (exact) mass is 277 g/mol. The minimum atomic E-state index is 0.154. The number of amides is 1. The quantitative estimate of drug-likeness (QED) is 0.592. The average Bonchev–Trinajstić information content (AvgIpc) is 2.98. The van der Waals surface area contributed by atoms with Crippen LogP contribution >= 0.6 is 11.8 Å². The van der Waals surface area contributed by atoms with Crippen molar-refractivity contribution in [2.24, 2.45) is 0 Å². The molecule has 0 radical (unpaired) electrons. The Balaban J connectivity index is 1.64. The Kier molecular flexibility index (Phi) is 5.45. The molecule has 1 aromatic rings. The number of Topliss-reactive ketones (excluding diaryl/α,β-unsaturated/α-hetero) is 1. The minimum absolute atomic E-state index is 0.154. The first-order chi connectivity index (χ1) is 9.27. The second-order valence-corrected chi connectivity index (χ2v) is 5.78. The number of likely N-dealkylation sites (tertiary alicyclic amines) is 1. The summed E-state index contributed by atoms with van der Waals surface area (Å²) in [5.74, 6) is 1.59. The summed E-state index contributed by atoms with van der Waals surface area (Å²) in [6.45, 7) is 1.81. The summed E-state index contributed by atoms with van der Waals surface area (Å²) < 4.78 is 0. The van der Waals surface area contributed by atoms with Gasteiger partial charge in [-0.2, -0.15) is 11.8 Å². The number of ketones is 1. The SMILES string of the molecule is O=C(CCSCC(=O)N1CCCC1)c1ccccc1. The first-order valence-corrected chi connectivity index (χ1v) is 7.86. The molecule has 0 bridgehead atoms. The molecular weight excluding hydrogens is 258 g/mol. The smallest absolute Gasteiger partial charge is 0.232 e. The Hall–Kier alpha value is -1.29. The predicted octanol–water partition coefficient (Wildman–Crippen LogP) is 2.62. The minimum Gasteiger partial charge on any atom is -0.342 e. The van der Waals surface area contributed by atoms with Crippen LogP contribution in [0.4, 0.5) is 0 Å². The summed E-state index contributed by atoms with van der Waals surface area (Å²) in [6, 6.07) is 9.32. The number of hydrogen-bond donors (Lipinski definition) is 0. The van der Waals surface area contributed by atoms with Gasteiger partial charge in [0.15, 0.2) is 5.78 Å². The van der Waals surface area contributed by atoms with Gasteiger partial charge in [-0.1, -0.05) is 30.3 Å². The first kappa shape index (κ1) is 14.1. The molecule has 4 heteroatoms. The van der Waals surface area contributed by atoms with Crippen molar-refractivity contribution in [3.05, 3.63) is 35.9 Å². The summed E-state index contributed by atoms with van der Waals surface area (Å²) in [5, 5.41) is 0. The Labute approximate surface area is 118 Å². The zero-order valence-corrected chi connectivity index (χ0v) is 11.8. The fourth-order valence-corrected chi connectivity index (χ4v) is 2.98. The number of nitrogens with zero attached hydrogens (tertiary/aromatic N) is 1. The fraction of sp³-hybridized carbons (Fsp3) is 0.467. The Morgan fingerprint density at radius 2 is 1.79 bits per heavy atom. The van der Waals surface area contributed by atoms with E-state index < -0.39 is 0 Å². The van der Waals surface area contributed by atoms with Crippen LogP contribution in [0.3, 0.4) is 0 Å². The van der Waals surface area contributed by atoms with Gasteiger partial charge in [0.05, 0.1) is 5.75 Å². The maximum absolute atomic E-state index is 11.8. The molecule has 0 spiro atoms. The highest BCUT2D eigenvalue weighted by Crippen LogP contribution is 2.12. The van der Waals surface area contributed by atoms with Crippen LogP contribution in [-0.4, -0.2) is 41.2 Å². The number of hydrogen-bond acceptors (Lipinski definition) is 3. The standard InChI is InChI=1S/C15H19NO2S/c17-14(13-6-2-1-3-7-13)8-11-19-12-15(18)16-9-4-5-10-16/h1-3,6-7H,4-5,8-12H2. The summed E-state index contributed by atoms with van der Waals surface area (Å²) in [7, 11) is 0. The number of carbonyl (C=O) groups is 2. The van der Waals surface area contributed by atoms with E-state index in [-0.39, 0.29) is 11.7 Å². The van der Waals surface area contributed by atoms with Gasteiger partial charge in [-0.15, -0.1) is 0 Å². The molecule has 2 rings (SSSR count). The van der Waals surface area contributed by atoms with Crippen LogP contribution in [0.5, 0.6) is 0 Å². The van der Waals surface area contributed by atoms with Crippen molar-refractivity contribution in [1.29, 1.82) is 0 Å². The molecule has 1 amide bonds. The van der Waals surface area contributed by atoms with Crippen molar-refractivity contribution in [2.45, 2.75) is 19.3 Å². The summed E-state index contributed by atoms with van der Waals surface area (Å²) >= 11 is 1.56. The third kappa shape index (κ3) is 4.39. The largest absolute Gasteiger partial charge is 0.342 e. The van der Waals surface area contributed by atoms with Crippen molar-refractivity contribution < 1.29 is 9.59 Å². The van der Waals surface area contributed by atoms with E-state index >= 15 is 0 Å². The number of rotatable bonds is 6. The van der Waals surface area contributed by atoms with Crippen LogP contribution < -0.4 is 0 Å². The Morgan fingerprint density at radius 3 is 2.47 bits per heavy atom. The third-order valence-corrected chi connectivity index (χ3v) is 4.20. The van der Waals surface area contributed by atoms with E-state index in [0.717, 1.165) is 31.5 Å². The number of thioether (sulfide) groups is 1. The van der Waals surface area contributed by atoms with Gasteiger partial charge in [-0.25, -0.2) is 0 Å². The molecule has 3 nitrogen and oxygen atoms in total. The summed E-state index contributed by atoms with van der Waals surface area (Å²) in [6.07, 6.45) is 2.76. The molecule has 0 aromatic heterocycles. The van der Waals surface area contributed by atoms with Gasteiger partial charge in [0.25, 0.3) is 0 Å². The molecule has 102 valence electrons. The molecule has 19 heavy (non-hydrogen) atoms. The molecule has 0 aliphatic carbocycles. The van der Waals surface area contributed by atoms with Crippen molar-refractivity contribution in [3.8, 4) is 0 Å². The van der Waals surface area contributed by atoms with Gasteiger partial charge in [0.2, 0.25) is 5.91 Å². The van der Waals surface area contributed by atoms with E-state index in [4.69, 9.17) is 0 Å². The molecule has 0 N–H and O–H groups in total. The Bertz CT molecular complexity index is 427. The molecule has 1 aliphatic heterocycles. The van der Waals surface area contributed by atoms with Crippen LogP contribution in [0.2, 0.25) is 0 Å². The summed E-state index contributed by atoms with van der Waals surface area (Å²) in [4.78, 5) is 25.5. The van der Waals surface area contributed by atoms with E-state index in [1.165, 1.54) is 0 Å². The molecule has 0 saturated carbocycles. The van der Waals surface area contributed by atoms with E-state index in [1.54, 1.807) is 11.8 Å². The molecule has 0 atom stereocenters. The van der Waals surface area contributed by atoms with E-state index in [9.17, 15) is 9.59 Å². The van der Waals surface area contributed by atoms with Gasteiger partial charge in [-0.05, 0) is 12.8 Å². The van der Waals surface area contributed by atoms with Crippen LogP contribution in [0.1, 0.15) is 29.6 Å². The lowest BCUT2D eigenvalue weighted by Crippen LogP contribution is -2.29. The molecular formula is C15H19NO2S. The molecule has 1 saturated heterocycles. The second kappa shape index (κ2) is 7.34. The maximum atomic E-state index is 11.8. The molecule has 1 fully saturated rings. The fourth-order valence-electron chi connectivity index (χ4n) is 2.15. The van der Waals surface area contributed by atoms with Crippen LogP contribution in [0.25, 0.3) is 0 Å². The van der Waals surface area contributed by atoms with Crippen LogP contribution in [0.15, 0.2) is 30.3 Å². The van der Waals surface area contributed by atoms with Gasteiger partial charge in [0, 0.05) is 30.8 Å². The van der Waals surface area contributed by atoms with Gasteiger partial charge in [0.1, 0.15) is 0 Å². The van der Waals surface area contributed by atoms with Gasteiger partial charge in [-0.3, -0.25) is 9.59 Å². The molecule has 1 aliphatic rings. The van der Waals surface area contributed by atoms with Crippen LogP contribution in [-0.2, 0) is 4.79 Å². The highest BCUT2D eigenvalue weighted by molar-refractivity contribution is 7.99. The van der Waals surface area contributed by atoms with Crippen molar-refractivity contribution in [1.82, 2.24) is 4.90 Å². The van der Waals surface area contributed by atoms with E-state index in [0.29, 0.717) is 17.9 Å². The zero-order valence-electron chi connectivity index (χ0n) is 11.0. The highest BCUT2D eigenvalue weighted by atomic mass is 32.2. The predicted molar refractivity (Wildman–Crippen MR) is 78.5 cm³/mol. The van der Waals surface area contributed by atoms with Crippen molar-refractivity contribution >= 4 is 23.5 Å². The average molecular weight is 277 g/mol. The lowest BCUT2D eigenvalue weighted by atomic mass is 10.1. The molecule has 1 heterocycles. The topological polar surface area (TPSA) is 37.4 Å². The van der Waals surface area contributed by atoms with Gasteiger partial charge >= 0.3 is 0 Å². The number of carbonyl (C=O) groups excluding carboxylic acids is 2. The first-order valence-electron chi connectivity index (χ1n) is 6.71. The zero-order chi connectivity index (χ0) is 13.5. The lowest BCUT2D eigenvalue weighted by molar-refractivity contribution is -0.127. The van der Waals surface area contributed by atoms with Crippen molar-refractivity contribution in [3.63, 3.8) is 0 Å². The van der Waals surface area contributed by atoms with E-state index in [2.05, 4.69) is 0 Å². The van der Waals surface area contributed by atoms with Crippen molar-refractivity contribution in [2.75, 3.05) is 24.6 Å². The number of benzene rings is 1. The summed E-state index contributed by atoms with van der Waals surface area (Å²) in [5.41, 5.74) is 0.758. The Morgan fingerprint density at radius 1 is 1.11 bits per heavy atom. The van der Waals surface area contributed by atoms with E-state index in [1.807, 2.05) is 35.2 Å². The molecule has 1 aromatic carbocycles. The van der Waals surface area contributed by atoms with Gasteiger partial charge < -0.3 is 4.90 Å². The molecule has 0 unspecified atom stereocenters. The third-order valence-electron chi connectivity index (χ3n) is 3.25. The van der Waals surface area contributed by atoms with Crippen LogP contribution in [0, 0.1) is 0 Å². The second-order valence-electron chi connectivity index (χ2n) is 4.68. The highest BCUT2D eigenvalue weighted by Gasteiger charge is 2.17. The maximum Gasteiger partial charge on any atom is 0.232 e.